The predicted molar refractivity (Wildman–Crippen MR) is 97.3 cm³/mol. The molecular weight excluding hydrogens is 358 g/mol. The number of hydrogen-bond donors (Lipinski definition) is 1. The minimum Gasteiger partial charge on any atom is -0.455 e. The van der Waals surface area contributed by atoms with E-state index >= 15 is 0 Å². The summed E-state index contributed by atoms with van der Waals surface area (Å²) >= 11 is 5.84. The van der Waals surface area contributed by atoms with Crippen LogP contribution in [0.4, 0.5) is 5.69 Å². The van der Waals surface area contributed by atoms with E-state index in [0.29, 0.717) is 27.7 Å². The average molecular weight is 370 g/mol. The largest absolute Gasteiger partial charge is 0.455 e. The second kappa shape index (κ2) is 7.62. The molecule has 8 heteroatoms. The van der Waals surface area contributed by atoms with Crippen LogP contribution in [0.15, 0.2) is 70.2 Å². The maximum atomic E-state index is 11.9. The number of furan rings is 1. The van der Waals surface area contributed by atoms with E-state index in [0.717, 1.165) is 0 Å². The van der Waals surface area contributed by atoms with Gasteiger partial charge in [-0.1, -0.05) is 17.7 Å². The van der Waals surface area contributed by atoms with E-state index in [-0.39, 0.29) is 5.69 Å². The molecule has 0 radical (unpaired) electrons. The Bertz CT molecular complexity index is 980. The zero-order chi connectivity index (χ0) is 18.5. The molecule has 2 aromatic carbocycles. The van der Waals surface area contributed by atoms with Gasteiger partial charge in [-0.25, -0.2) is 5.43 Å². The molecule has 130 valence electrons. The van der Waals surface area contributed by atoms with Gasteiger partial charge in [0.05, 0.1) is 11.1 Å². The molecule has 26 heavy (non-hydrogen) atoms. The molecule has 1 N–H and O–H groups in total. The van der Waals surface area contributed by atoms with Gasteiger partial charge in [-0.3, -0.25) is 14.9 Å². The number of nitro benzene ring substituents is 1. The first kappa shape index (κ1) is 17.4. The van der Waals surface area contributed by atoms with Gasteiger partial charge in [0, 0.05) is 28.3 Å². The van der Waals surface area contributed by atoms with Gasteiger partial charge in [0.15, 0.2) is 0 Å². The Kier molecular flexibility index (Phi) is 5.09. The van der Waals surface area contributed by atoms with Gasteiger partial charge >= 0.3 is 0 Å². The number of hydrogen-bond acceptors (Lipinski definition) is 5. The first-order valence-electron chi connectivity index (χ1n) is 7.46. The molecule has 0 unspecified atom stereocenters. The fourth-order valence-corrected chi connectivity index (χ4v) is 2.36. The zero-order valence-corrected chi connectivity index (χ0v) is 14.0. The van der Waals surface area contributed by atoms with E-state index in [2.05, 4.69) is 10.5 Å². The number of hydrazone groups is 1. The average Bonchev–Trinajstić information content (AvgIpc) is 3.10. The third-order valence-electron chi connectivity index (χ3n) is 3.43. The van der Waals surface area contributed by atoms with Gasteiger partial charge < -0.3 is 4.42 Å². The maximum Gasteiger partial charge on any atom is 0.271 e. The van der Waals surface area contributed by atoms with Crippen molar-refractivity contribution >= 4 is 29.4 Å². The quantitative estimate of drug-likeness (QED) is 0.412. The van der Waals surface area contributed by atoms with E-state index in [1.165, 1.54) is 24.4 Å². The van der Waals surface area contributed by atoms with Gasteiger partial charge in [0.2, 0.25) is 0 Å². The lowest BCUT2D eigenvalue weighted by Gasteiger charge is -1.99. The number of carbonyl (C=O) groups excluding carboxylic acids is 1. The highest BCUT2D eigenvalue weighted by atomic mass is 35.5. The molecule has 0 aliphatic heterocycles. The van der Waals surface area contributed by atoms with Crippen LogP contribution in [0.3, 0.4) is 0 Å². The fraction of sp³-hybridized carbons (Fsp3) is 0. The summed E-state index contributed by atoms with van der Waals surface area (Å²) in [6.45, 7) is 0. The Balaban J connectivity index is 1.65. The number of non-ortho nitro benzene ring substituents is 1. The lowest BCUT2D eigenvalue weighted by Crippen LogP contribution is -2.17. The highest BCUT2D eigenvalue weighted by Crippen LogP contribution is 2.24. The number of carbonyl (C=O) groups is 1. The zero-order valence-electron chi connectivity index (χ0n) is 13.3. The van der Waals surface area contributed by atoms with Crippen molar-refractivity contribution in [2.45, 2.75) is 0 Å². The van der Waals surface area contributed by atoms with Crippen molar-refractivity contribution in [3.8, 4) is 11.3 Å². The molecule has 0 bridgehead atoms. The molecule has 0 aliphatic rings. The number of rotatable bonds is 5. The van der Waals surface area contributed by atoms with Gasteiger partial charge in [-0.15, -0.1) is 0 Å². The van der Waals surface area contributed by atoms with E-state index < -0.39 is 10.8 Å². The van der Waals surface area contributed by atoms with Gasteiger partial charge in [0.1, 0.15) is 11.5 Å². The monoisotopic (exact) mass is 369 g/mol. The van der Waals surface area contributed by atoms with Crippen molar-refractivity contribution in [2.24, 2.45) is 5.10 Å². The van der Waals surface area contributed by atoms with Crippen LogP contribution in [0.25, 0.3) is 11.3 Å². The molecule has 0 saturated heterocycles. The molecule has 0 aliphatic carbocycles. The number of nitrogens with one attached hydrogen (secondary N) is 1. The molecule has 3 aromatic rings. The van der Waals surface area contributed by atoms with Crippen molar-refractivity contribution in [2.75, 3.05) is 0 Å². The van der Waals surface area contributed by atoms with Crippen LogP contribution in [-0.2, 0) is 0 Å². The summed E-state index contributed by atoms with van der Waals surface area (Å²) in [7, 11) is 0. The van der Waals surface area contributed by atoms with Crippen LogP contribution < -0.4 is 5.43 Å². The first-order chi connectivity index (χ1) is 12.5. The summed E-state index contributed by atoms with van der Waals surface area (Å²) in [5.74, 6) is 0.554. The Hall–Kier alpha value is -3.45. The number of benzene rings is 2. The smallest absolute Gasteiger partial charge is 0.271 e. The van der Waals surface area contributed by atoms with Crippen LogP contribution >= 0.6 is 11.6 Å². The Morgan fingerprint density at radius 1 is 1.15 bits per heavy atom. The summed E-state index contributed by atoms with van der Waals surface area (Å²) in [5.41, 5.74) is 3.47. The number of halogens is 1. The van der Waals surface area contributed by atoms with Crippen molar-refractivity contribution in [1.82, 2.24) is 5.43 Å². The summed E-state index contributed by atoms with van der Waals surface area (Å²) in [6, 6.07) is 15.9. The van der Waals surface area contributed by atoms with E-state index in [9.17, 15) is 14.9 Å². The molecule has 1 amide bonds. The maximum absolute atomic E-state index is 11.9. The second-order valence-corrected chi connectivity index (χ2v) is 5.65. The lowest BCUT2D eigenvalue weighted by atomic mass is 10.1. The highest BCUT2D eigenvalue weighted by Gasteiger charge is 2.08. The van der Waals surface area contributed by atoms with Gasteiger partial charge in [0.25, 0.3) is 11.6 Å². The lowest BCUT2D eigenvalue weighted by molar-refractivity contribution is -0.384. The molecule has 1 heterocycles. The summed E-state index contributed by atoms with van der Waals surface area (Å²) in [4.78, 5) is 22.1. The van der Waals surface area contributed by atoms with Gasteiger partial charge in [-0.05, 0) is 42.5 Å². The van der Waals surface area contributed by atoms with Crippen LogP contribution in [0, 0.1) is 10.1 Å². The Labute approximate surface area is 153 Å². The van der Waals surface area contributed by atoms with Gasteiger partial charge in [-0.2, -0.15) is 5.10 Å². The summed E-state index contributed by atoms with van der Waals surface area (Å²) in [6.07, 6.45) is 1.36. The van der Waals surface area contributed by atoms with E-state index in [1.807, 2.05) is 0 Å². The van der Waals surface area contributed by atoms with Crippen molar-refractivity contribution in [1.29, 1.82) is 0 Å². The molecule has 0 fully saturated rings. The van der Waals surface area contributed by atoms with E-state index in [4.69, 9.17) is 16.0 Å². The number of amides is 1. The molecule has 3 rings (SSSR count). The SMILES string of the molecule is O=C(N/N=C\c1ccc(-c2ccc([N+](=O)[O-])cc2)o1)c1cccc(Cl)c1. The fourth-order valence-electron chi connectivity index (χ4n) is 2.17. The number of nitrogens with zero attached hydrogens (tertiary/aromatic N) is 2. The standard InChI is InChI=1S/C18H12ClN3O4/c19-14-3-1-2-13(10-14)18(23)21-20-11-16-8-9-17(26-16)12-4-6-15(7-5-12)22(24)25/h1-11H,(H,21,23)/b20-11-. The van der Waals surface area contributed by atoms with Crippen LogP contribution in [0.5, 0.6) is 0 Å². The van der Waals surface area contributed by atoms with Crippen LogP contribution in [0.1, 0.15) is 16.1 Å². The molecule has 0 saturated carbocycles. The molecule has 0 atom stereocenters. The minimum absolute atomic E-state index is 0.00539. The molecular formula is C18H12ClN3O4. The normalized spacial score (nSPS) is 10.8. The summed E-state index contributed by atoms with van der Waals surface area (Å²) in [5, 5.41) is 15.0. The minimum atomic E-state index is -0.466. The third kappa shape index (κ3) is 4.14. The molecule has 7 nitrogen and oxygen atoms in total. The third-order valence-corrected chi connectivity index (χ3v) is 3.67. The van der Waals surface area contributed by atoms with Crippen molar-refractivity contribution in [3.05, 3.63) is 87.1 Å². The first-order valence-corrected chi connectivity index (χ1v) is 7.84. The molecule has 0 spiro atoms. The van der Waals surface area contributed by atoms with Crippen LogP contribution in [-0.4, -0.2) is 17.0 Å². The van der Waals surface area contributed by atoms with E-state index in [1.54, 1.807) is 42.5 Å². The molecule has 1 aromatic heterocycles. The number of nitro groups is 1. The van der Waals surface area contributed by atoms with Crippen molar-refractivity contribution in [3.63, 3.8) is 0 Å². The van der Waals surface area contributed by atoms with Crippen LogP contribution in [0.2, 0.25) is 5.02 Å². The summed E-state index contributed by atoms with van der Waals surface area (Å²) < 4.78 is 5.59. The second-order valence-electron chi connectivity index (χ2n) is 5.22. The topological polar surface area (TPSA) is 97.7 Å². The Morgan fingerprint density at radius 2 is 1.92 bits per heavy atom. The van der Waals surface area contributed by atoms with Crippen molar-refractivity contribution < 1.29 is 14.1 Å². The highest BCUT2D eigenvalue weighted by molar-refractivity contribution is 6.30. The Morgan fingerprint density at radius 3 is 2.62 bits per heavy atom. The predicted octanol–water partition coefficient (Wildman–Crippen LogP) is 4.27.